The van der Waals surface area contributed by atoms with E-state index in [2.05, 4.69) is 0 Å². The van der Waals surface area contributed by atoms with Crippen LogP contribution in [0.3, 0.4) is 0 Å². The van der Waals surface area contributed by atoms with Crippen molar-refractivity contribution in [2.45, 2.75) is 19.4 Å². The van der Waals surface area contributed by atoms with Crippen molar-refractivity contribution in [1.82, 2.24) is 4.90 Å². The molecular weight excluding hydrogens is 302 g/mol. The lowest BCUT2D eigenvalue weighted by Crippen LogP contribution is -2.45. The number of hydrogen-bond acceptors (Lipinski definition) is 3. The molecule has 0 N–H and O–H groups in total. The Bertz CT molecular complexity index is 727. The number of hydrogen-bond donors (Lipinski definition) is 0. The zero-order valence-corrected chi connectivity index (χ0v) is 13.8. The van der Waals surface area contributed by atoms with Crippen LogP contribution in [0.4, 0.5) is 0 Å². The molecule has 2 aromatic rings. The molecule has 24 heavy (non-hydrogen) atoms. The molecule has 1 saturated heterocycles. The van der Waals surface area contributed by atoms with Gasteiger partial charge in [-0.05, 0) is 12.5 Å². The Labute approximate surface area is 142 Å². The average Bonchev–Trinajstić information content (AvgIpc) is 2.67. The fourth-order valence-corrected chi connectivity index (χ4v) is 2.93. The fourth-order valence-electron chi connectivity index (χ4n) is 2.93. The summed E-state index contributed by atoms with van der Waals surface area (Å²) < 4.78 is 5.63. The predicted octanol–water partition coefficient (Wildman–Crippen LogP) is 3.17. The standard InChI is InChI=1S/C20H21NO3/c1-2-16-14-21(12-13-24-16)20(23)18-11-7-6-10-17(18)19(22)15-8-4-3-5-9-15/h3-11,16H,2,12-14H2,1H3/t16-/m0/s1. The fraction of sp³-hybridized carbons (Fsp3) is 0.300. The van der Waals surface area contributed by atoms with Crippen LogP contribution in [0.1, 0.15) is 39.6 Å². The van der Waals surface area contributed by atoms with Crippen LogP contribution >= 0.6 is 0 Å². The summed E-state index contributed by atoms with van der Waals surface area (Å²) in [5.74, 6) is -0.225. The number of nitrogens with zero attached hydrogens (tertiary/aromatic N) is 1. The summed E-state index contributed by atoms with van der Waals surface area (Å²) in [7, 11) is 0. The van der Waals surface area contributed by atoms with E-state index in [0.717, 1.165) is 6.42 Å². The topological polar surface area (TPSA) is 46.6 Å². The summed E-state index contributed by atoms with van der Waals surface area (Å²) in [6, 6.07) is 16.1. The number of amides is 1. The zero-order chi connectivity index (χ0) is 16.9. The zero-order valence-electron chi connectivity index (χ0n) is 13.8. The summed E-state index contributed by atoms with van der Waals surface area (Å²) in [4.78, 5) is 27.5. The average molecular weight is 323 g/mol. The molecule has 0 aromatic heterocycles. The number of morpholine rings is 1. The summed E-state index contributed by atoms with van der Waals surface area (Å²) in [5, 5.41) is 0. The van der Waals surface area contributed by atoms with Gasteiger partial charge in [0, 0.05) is 24.2 Å². The third-order valence-corrected chi connectivity index (χ3v) is 4.32. The van der Waals surface area contributed by atoms with Crippen LogP contribution in [0, 0.1) is 0 Å². The molecule has 0 saturated carbocycles. The molecule has 1 atom stereocenters. The molecule has 124 valence electrons. The van der Waals surface area contributed by atoms with Crippen molar-refractivity contribution in [3.63, 3.8) is 0 Å². The van der Waals surface area contributed by atoms with Crippen LogP contribution in [-0.2, 0) is 4.74 Å². The maximum Gasteiger partial charge on any atom is 0.254 e. The molecule has 1 aliphatic rings. The number of rotatable bonds is 4. The maximum atomic E-state index is 12.9. The third-order valence-electron chi connectivity index (χ3n) is 4.32. The normalized spacial score (nSPS) is 17.5. The van der Waals surface area contributed by atoms with E-state index in [1.54, 1.807) is 41.3 Å². The van der Waals surface area contributed by atoms with Gasteiger partial charge in [-0.1, -0.05) is 55.5 Å². The molecule has 0 spiro atoms. The highest BCUT2D eigenvalue weighted by Crippen LogP contribution is 2.18. The van der Waals surface area contributed by atoms with E-state index in [1.165, 1.54) is 0 Å². The molecule has 3 rings (SSSR count). The van der Waals surface area contributed by atoms with Crippen LogP contribution in [0.2, 0.25) is 0 Å². The molecule has 0 bridgehead atoms. The van der Waals surface area contributed by atoms with Crippen molar-refractivity contribution in [3.8, 4) is 0 Å². The van der Waals surface area contributed by atoms with Gasteiger partial charge in [-0.2, -0.15) is 0 Å². The highest BCUT2D eigenvalue weighted by Gasteiger charge is 2.26. The minimum absolute atomic E-state index is 0.0692. The lowest BCUT2D eigenvalue weighted by Gasteiger charge is -2.32. The lowest BCUT2D eigenvalue weighted by atomic mass is 9.97. The van der Waals surface area contributed by atoms with Gasteiger partial charge in [-0.25, -0.2) is 0 Å². The molecule has 1 heterocycles. The molecule has 4 heteroatoms. The van der Waals surface area contributed by atoms with Gasteiger partial charge in [0.25, 0.3) is 5.91 Å². The van der Waals surface area contributed by atoms with Crippen LogP contribution in [0.15, 0.2) is 54.6 Å². The summed E-state index contributed by atoms with van der Waals surface area (Å²) in [6.07, 6.45) is 0.939. The van der Waals surface area contributed by atoms with Gasteiger partial charge < -0.3 is 9.64 Å². The number of benzene rings is 2. The van der Waals surface area contributed by atoms with E-state index in [0.29, 0.717) is 36.4 Å². The lowest BCUT2D eigenvalue weighted by molar-refractivity contribution is -0.0226. The molecule has 4 nitrogen and oxygen atoms in total. The van der Waals surface area contributed by atoms with Crippen LogP contribution in [0.5, 0.6) is 0 Å². The largest absolute Gasteiger partial charge is 0.375 e. The van der Waals surface area contributed by atoms with Gasteiger partial charge in [0.15, 0.2) is 5.78 Å². The molecule has 1 amide bonds. The molecular formula is C20H21NO3. The first-order valence-corrected chi connectivity index (χ1v) is 8.30. The van der Waals surface area contributed by atoms with Crippen LogP contribution in [0.25, 0.3) is 0 Å². The molecule has 0 unspecified atom stereocenters. The Kier molecular flexibility index (Phi) is 5.06. The van der Waals surface area contributed by atoms with Gasteiger partial charge in [-0.3, -0.25) is 9.59 Å². The van der Waals surface area contributed by atoms with Gasteiger partial charge in [0.05, 0.1) is 18.3 Å². The molecule has 1 aliphatic heterocycles. The second-order valence-electron chi connectivity index (χ2n) is 5.89. The number of carbonyl (C=O) groups excluding carboxylic acids is 2. The minimum Gasteiger partial charge on any atom is -0.375 e. The Balaban J connectivity index is 1.89. The van der Waals surface area contributed by atoms with E-state index in [-0.39, 0.29) is 17.8 Å². The molecule has 2 aromatic carbocycles. The van der Waals surface area contributed by atoms with Crippen LogP contribution < -0.4 is 0 Å². The van der Waals surface area contributed by atoms with E-state index >= 15 is 0 Å². The SMILES string of the molecule is CC[C@H]1CN(C(=O)c2ccccc2C(=O)c2ccccc2)CCO1. The van der Waals surface area contributed by atoms with Crippen molar-refractivity contribution in [2.24, 2.45) is 0 Å². The molecule has 0 aliphatic carbocycles. The van der Waals surface area contributed by atoms with Crippen molar-refractivity contribution in [3.05, 3.63) is 71.3 Å². The Morgan fingerprint density at radius 1 is 1.04 bits per heavy atom. The predicted molar refractivity (Wildman–Crippen MR) is 92.3 cm³/mol. The Morgan fingerprint density at radius 3 is 2.42 bits per heavy atom. The van der Waals surface area contributed by atoms with E-state index in [9.17, 15) is 9.59 Å². The van der Waals surface area contributed by atoms with E-state index < -0.39 is 0 Å². The second kappa shape index (κ2) is 7.41. The first-order chi connectivity index (χ1) is 11.7. The molecule has 1 fully saturated rings. The first-order valence-electron chi connectivity index (χ1n) is 8.30. The van der Waals surface area contributed by atoms with Crippen LogP contribution in [-0.4, -0.2) is 42.4 Å². The van der Waals surface area contributed by atoms with Gasteiger partial charge in [-0.15, -0.1) is 0 Å². The second-order valence-corrected chi connectivity index (χ2v) is 5.89. The summed E-state index contributed by atoms with van der Waals surface area (Å²) in [6.45, 7) is 3.72. The minimum atomic E-state index is -0.125. The summed E-state index contributed by atoms with van der Waals surface area (Å²) >= 11 is 0. The van der Waals surface area contributed by atoms with Gasteiger partial charge in [0.2, 0.25) is 0 Å². The number of carbonyl (C=O) groups is 2. The van der Waals surface area contributed by atoms with Crippen molar-refractivity contribution in [1.29, 1.82) is 0 Å². The number of ketones is 1. The van der Waals surface area contributed by atoms with Crippen molar-refractivity contribution < 1.29 is 14.3 Å². The van der Waals surface area contributed by atoms with Gasteiger partial charge in [0.1, 0.15) is 0 Å². The summed E-state index contributed by atoms with van der Waals surface area (Å²) in [5.41, 5.74) is 1.50. The van der Waals surface area contributed by atoms with Crippen molar-refractivity contribution >= 4 is 11.7 Å². The first kappa shape index (κ1) is 16.4. The smallest absolute Gasteiger partial charge is 0.254 e. The third kappa shape index (κ3) is 3.39. The maximum absolute atomic E-state index is 12.9. The molecule has 0 radical (unpaired) electrons. The quantitative estimate of drug-likeness (QED) is 0.812. The monoisotopic (exact) mass is 323 g/mol. The van der Waals surface area contributed by atoms with E-state index in [4.69, 9.17) is 4.74 Å². The number of ether oxygens (including phenoxy) is 1. The Morgan fingerprint density at radius 2 is 1.71 bits per heavy atom. The van der Waals surface area contributed by atoms with E-state index in [1.807, 2.05) is 25.1 Å². The highest BCUT2D eigenvalue weighted by molar-refractivity contribution is 6.15. The van der Waals surface area contributed by atoms with Gasteiger partial charge >= 0.3 is 0 Å². The van der Waals surface area contributed by atoms with Crippen molar-refractivity contribution in [2.75, 3.05) is 19.7 Å². The highest BCUT2D eigenvalue weighted by atomic mass is 16.5. The Hall–Kier alpha value is -2.46.